The summed E-state index contributed by atoms with van der Waals surface area (Å²) in [5.41, 5.74) is 2.20. The van der Waals surface area contributed by atoms with E-state index in [0.29, 0.717) is 5.56 Å². The number of nitriles is 1. The van der Waals surface area contributed by atoms with E-state index in [0.717, 1.165) is 11.1 Å². The third-order valence-corrected chi connectivity index (χ3v) is 4.73. The number of nitrogens with zero attached hydrogens (tertiary/aromatic N) is 1. The molecule has 5 heteroatoms. The lowest BCUT2D eigenvalue weighted by Crippen LogP contribution is -2.37. The van der Waals surface area contributed by atoms with Crippen LogP contribution in [-0.4, -0.2) is 20.0 Å². The Labute approximate surface area is 109 Å². The monoisotopic (exact) mass is 265 g/mol. The van der Waals surface area contributed by atoms with E-state index in [1.807, 2.05) is 13.0 Å². The Morgan fingerprint density at radius 2 is 2.11 bits per heavy atom. The van der Waals surface area contributed by atoms with E-state index in [-0.39, 0.29) is 5.75 Å². The minimum absolute atomic E-state index is 0.177. The second kappa shape index (κ2) is 5.32. The van der Waals surface area contributed by atoms with Crippen molar-refractivity contribution in [2.24, 2.45) is 0 Å². The molecule has 0 saturated carbocycles. The van der Waals surface area contributed by atoms with Crippen molar-refractivity contribution in [1.82, 2.24) is 0 Å². The second-order valence-corrected chi connectivity index (χ2v) is 6.56. The van der Waals surface area contributed by atoms with Crippen LogP contribution in [0.5, 0.6) is 0 Å². The molecule has 0 saturated heterocycles. The molecule has 1 aromatic carbocycles. The highest BCUT2D eigenvalue weighted by Crippen LogP contribution is 2.20. The summed E-state index contributed by atoms with van der Waals surface area (Å²) in [5.74, 6) is -0.899. The molecule has 1 atom stereocenters. The van der Waals surface area contributed by atoms with E-state index >= 15 is 0 Å². The van der Waals surface area contributed by atoms with E-state index < -0.39 is 21.5 Å². The molecule has 0 aliphatic carbocycles. The third-order valence-electron chi connectivity index (χ3n) is 2.84. The van der Waals surface area contributed by atoms with Crippen molar-refractivity contribution in [3.05, 3.63) is 34.9 Å². The first-order chi connectivity index (χ1) is 8.28. The first kappa shape index (κ1) is 14.4. The van der Waals surface area contributed by atoms with Gasteiger partial charge in [0.2, 0.25) is 0 Å². The van der Waals surface area contributed by atoms with Gasteiger partial charge >= 0.3 is 5.97 Å². The van der Waals surface area contributed by atoms with E-state index in [9.17, 15) is 9.00 Å². The molecular formula is C13H15NO3S. The molecular weight excluding hydrogens is 250 g/mol. The summed E-state index contributed by atoms with van der Waals surface area (Å²) in [4.78, 5) is 11.0. The predicted octanol–water partition coefficient (Wildman–Crippen LogP) is 1.98. The van der Waals surface area contributed by atoms with Gasteiger partial charge < -0.3 is 5.11 Å². The zero-order valence-electron chi connectivity index (χ0n) is 10.6. The summed E-state index contributed by atoms with van der Waals surface area (Å²) >= 11 is 0. The molecule has 1 N–H and O–H groups in total. The zero-order valence-corrected chi connectivity index (χ0v) is 11.4. The van der Waals surface area contributed by atoms with E-state index in [1.54, 1.807) is 18.2 Å². The maximum Gasteiger partial charge on any atom is 0.321 e. The standard InChI is InChI=1S/C13H15NO3S/c1-9-6-10(7-14)4-5-11(9)8-18(17)13(2,3)12(15)16/h4-6H,8H2,1-3H3,(H,15,16). The lowest BCUT2D eigenvalue weighted by atomic mass is 10.1. The van der Waals surface area contributed by atoms with Gasteiger partial charge in [-0.15, -0.1) is 0 Å². The van der Waals surface area contributed by atoms with Crippen LogP contribution in [-0.2, 0) is 21.3 Å². The van der Waals surface area contributed by atoms with Crippen molar-refractivity contribution in [1.29, 1.82) is 5.26 Å². The van der Waals surface area contributed by atoms with Crippen LogP contribution in [0, 0.1) is 18.3 Å². The molecule has 1 unspecified atom stereocenters. The smallest absolute Gasteiger partial charge is 0.321 e. The molecule has 18 heavy (non-hydrogen) atoms. The normalized spacial score (nSPS) is 12.8. The van der Waals surface area contributed by atoms with Crippen LogP contribution in [0.1, 0.15) is 30.5 Å². The number of benzene rings is 1. The van der Waals surface area contributed by atoms with Gasteiger partial charge in [0.05, 0.1) is 11.6 Å². The highest BCUT2D eigenvalue weighted by molar-refractivity contribution is 7.86. The fourth-order valence-electron chi connectivity index (χ4n) is 1.35. The van der Waals surface area contributed by atoms with E-state index in [4.69, 9.17) is 10.4 Å². The van der Waals surface area contributed by atoms with Crippen molar-refractivity contribution in [2.75, 3.05) is 0 Å². The number of aliphatic carboxylic acids is 1. The fourth-order valence-corrected chi connectivity index (χ4v) is 2.51. The minimum atomic E-state index is -1.51. The Balaban J connectivity index is 2.97. The highest BCUT2D eigenvalue weighted by Gasteiger charge is 2.34. The number of hydrogen-bond donors (Lipinski definition) is 1. The Bertz CT molecular complexity index is 544. The van der Waals surface area contributed by atoms with Crippen LogP contribution in [0.3, 0.4) is 0 Å². The van der Waals surface area contributed by atoms with Gasteiger partial charge in [0.25, 0.3) is 0 Å². The van der Waals surface area contributed by atoms with Crippen LogP contribution in [0.15, 0.2) is 18.2 Å². The first-order valence-corrected chi connectivity index (χ1v) is 6.72. The zero-order chi connectivity index (χ0) is 13.9. The van der Waals surface area contributed by atoms with Crippen molar-refractivity contribution in [2.45, 2.75) is 31.3 Å². The molecule has 0 spiro atoms. The van der Waals surface area contributed by atoms with Crippen LogP contribution >= 0.6 is 0 Å². The number of carboxylic acids is 1. The Morgan fingerprint density at radius 3 is 2.56 bits per heavy atom. The van der Waals surface area contributed by atoms with E-state index in [1.165, 1.54) is 13.8 Å². The van der Waals surface area contributed by atoms with Crippen LogP contribution in [0.4, 0.5) is 0 Å². The largest absolute Gasteiger partial charge is 0.480 e. The lowest BCUT2D eigenvalue weighted by molar-refractivity contribution is -0.139. The molecule has 96 valence electrons. The van der Waals surface area contributed by atoms with Crippen LogP contribution in [0.2, 0.25) is 0 Å². The third kappa shape index (κ3) is 2.96. The Morgan fingerprint density at radius 1 is 1.50 bits per heavy atom. The molecule has 4 nitrogen and oxygen atoms in total. The highest BCUT2D eigenvalue weighted by atomic mass is 32.2. The van der Waals surface area contributed by atoms with Gasteiger partial charge in [-0.3, -0.25) is 9.00 Å². The first-order valence-electron chi connectivity index (χ1n) is 5.40. The van der Waals surface area contributed by atoms with Gasteiger partial charge in [0.1, 0.15) is 4.75 Å². The number of aryl methyl sites for hydroxylation is 1. The summed E-state index contributed by atoms with van der Waals surface area (Å²) in [5, 5.41) is 17.8. The van der Waals surface area contributed by atoms with Crippen LogP contribution in [0.25, 0.3) is 0 Å². The van der Waals surface area contributed by atoms with Gasteiger partial charge in [-0.2, -0.15) is 5.26 Å². The van der Waals surface area contributed by atoms with Gasteiger partial charge in [-0.1, -0.05) is 6.07 Å². The maximum atomic E-state index is 12.0. The summed E-state index contributed by atoms with van der Waals surface area (Å²) in [6.45, 7) is 4.72. The second-order valence-electron chi connectivity index (χ2n) is 4.56. The fraction of sp³-hybridized carbons (Fsp3) is 0.385. The summed E-state index contributed by atoms with van der Waals surface area (Å²) in [7, 11) is -1.51. The van der Waals surface area contributed by atoms with Crippen molar-refractivity contribution >= 4 is 16.8 Å². The Kier molecular flexibility index (Phi) is 4.25. The topological polar surface area (TPSA) is 78.2 Å². The van der Waals surface area contributed by atoms with Gasteiger partial charge in [-0.05, 0) is 44.0 Å². The van der Waals surface area contributed by atoms with Crippen LogP contribution < -0.4 is 0 Å². The molecule has 0 amide bonds. The minimum Gasteiger partial charge on any atom is -0.480 e. The molecule has 0 fully saturated rings. The van der Waals surface area contributed by atoms with Crippen molar-refractivity contribution < 1.29 is 14.1 Å². The number of rotatable bonds is 4. The Hall–Kier alpha value is -1.67. The lowest BCUT2D eigenvalue weighted by Gasteiger charge is -2.19. The SMILES string of the molecule is Cc1cc(C#N)ccc1CS(=O)C(C)(C)C(=O)O. The van der Waals surface area contributed by atoms with Gasteiger partial charge in [-0.25, -0.2) is 0 Å². The molecule has 0 radical (unpaired) electrons. The van der Waals surface area contributed by atoms with Crippen molar-refractivity contribution in [3.8, 4) is 6.07 Å². The molecule has 0 heterocycles. The quantitative estimate of drug-likeness (QED) is 0.902. The molecule has 0 bridgehead atoms. The summed E-state index contributed by atoms with van der Waals surface area (Å²) in [6.07, 6.45) is 0. The molecule has 0 aromatic heterocycles. The predicted molar refractivity (Wildman–Crippen MR) is 69.5 cm³/mol. The molecule has 1 aromatic rings. The number of carboxylic acid groups (broad SMARTS) is 1. The summed E-state index contributed by atoms with van der Waals surface area (Å²) in [6, 6.07) is 7.11. The molecule has 0 aliphatic rings. The number of hydrogen-bond acceptors (Lipinski definition) is 3. The van der Waals surface area contributed by atoms with Gasteiger partial charge in [0, 0.05) is 16.6 Å². The molecule has 1 rings (SSSR count). The maximum absolute atomic E-state index is 12.0. The van der Waals surface area contributed by atoms with Gasteiger partial charge in [0.15, 0.2) is 0 Å². The average molecular weight is 265 g/mol. The average Bonchev–Trinajstić information content (AvgIpc) is 2.31. The molecule has 0 aliphatic heterocycles. The number of carbonyl (C=O) groups is 1. The summed E-state index contributed by atoms with van der Waals surface area (Å²) < 4.78 is 10.8. The van der Waals surface area contributed by atoms with E-state index in [2.05, 4.69) is 0 Å². The van der Waals surface area contributed by atoms with Crippen molar-refractivity contribution in [3.63, 3.8) is 0 Å².